The van der Waals surface area contributed by atoms with E-state index in [2.05, 4.69) is 27.1 Å². The third kappa shape index (κ3) is 10.5. The van der Waals surface area contributed by atoms with Gasteiger partial charge < -0.3 is 20.3 Å². The minimum absolute atomic E-state index is 0. The first-order valence-corrected chi connectivity index (χ1v) is 8.61. The molecule has 0 aliphatic carbocycles. The van der Waals surface area contributed by atoms with Crippen molar-refractivity contribution in [2.45, 2.75) is 32.8 Å². The second-order valence-electron chi connectivity index (χ2n) is 6.83. The number of guanidine groups is 1. The van der Waals surface area contributed by atoms with Gasteiger partial charge in [0, 0.05) is 46.3 Å². The molecular weight excluding hydrogens is 433 g/mol. The van der Waals surface area contributed by atoms with Gasteiger partial charge in [0.15, 0.2) is 5.96 Å². The van der Waals surface area contributed by atoms with E-state index in [1.54, 1.807) is 18.0 Å². The zero-order valence-electron chi connectivity index (χ0n) is 16.0. The first-order valence-electron chi connectivity index (χ1n) is 8.61. The lowest BCUT2D eigenvalue weighted by Gasteiger charge is -2.35. The molecule has 2 N–H and O–H groups in total. The summed E-state index contributed by atoms with van der Waals surface area (Å²) in [4.78, 5) is 20.3. The van der Waals surface area contributed by atoms with Crippen LogP contribution >= 0.6 is 24.0 Å². The van der Waals surface area contributed by atoms with Crippen molar-refractivity contribution in [3.63, 3.8) is 0 Å². The van der Waals surface area contributed by atoms with Gasteiger partial charge in [-0.2, -0.15) is 0 Å². The van der Waals surface area contributed by atoms with Gasteiger partial charge in [-0.3, -0.25) is 9.89 Å². The molecule has 146 valence electrons. The van der Waals surface area contributed by atoms with Crippen molar-refractivity contribution in [2.75, 3.05) is 52.9 Å². The van der Waals surface area contributed by atoms with E-state index in [9.17, 15) is 4.79 Å². The van der Waals surface area contributed by atoms with Crippen LogP contribution in [0.15, 0.2) is 17.6 Å². The van der Waals surface area contributed by atoms with Gasteiger partial charge in [0.05, 0.1) is 0 Å². The molecule has 25 heavy (non-hydrogen) atoms. The second kappa shape index (κ2) is 12.3. The van der Waals surface area contributed by atoms with Crippen molar-refractivity contribution < 1.29 is 9.53 Å². The zero-order chi connectivity index (χ0) is 18.0. The number of ether oxygens (including phenoxy) is 1. The number of piperazine rings is 1. The van der Waals surface area contributed by atoms with Crippen LogP contribution in [0.3, 0.4) is 0 Å². The van der Waals surface area contributed by atoms with Crippen molar-refractivity contribution in [3.8, 4) is 0 Å². The molecule has 1 fully saturated rings. The van der Waals surface area contributed by atoms with Crippen LogP contribution in [0.5, 0.6) is 0 Å². The van der Waals surface area contributed by atoms with Crippen LogP contribution in [0.4, 0.5) is 4.79 Å². The molecule has 1 saturated heterocycles. The molecule has 0 saturated carbocycles. The fourth-order valence-corrected chi connectivity index (χ4v) is 2.38. The van der Waals surface area contributed by atoms with E-state index >= 15 is 0 Å². The first-order chi connectivity index (χ1) is 11.4. The number of halogens is 1. The molecule has 0 aromatic carbocycles. The highest BCUT2D eigenvalue weighted by Gasteiger charge is 2.25. The Labute approximate surface area is 169 Å². The molecule has 1 aliphatic rings. The molecule has 0 aromatic rings. The largest absolute Gasteiger partial charge is 0.444 e. The molecule has 7 nitrogen and oxygen atoms in total. The van der Waals surface area contributed by atoms with E-state index < -0.39 is 5.60 Å². The topological polar surface area (TPSA) is 69.2 Å². The normalized spacial score (nSPS) is 16.0. The fraction of sp³-hybridized carbons (Fsp3) is 0.765. The number of nitrogens with one attached hydrogen (secondary N) is 2. The number of carbonyl (C=O) groups is 1. The summed E-state index contributed by atoms with van der Waals surface area (Å²) < 4.78 is 5.41. The molecule has 0 bridgehead atoms. The minimum Gasteiger partial charge on any atom is -0.444 e. The summed E-state index contributed by atoms with van der Waals surface area (Å²) >= 11 is 0. The number of carbonyl (C=O) groups excluding carboxylic acids is 1. The highest BCUT2D eigenvalue weighted by atomic mass is 127. The molecular formula is C17H34IN5O2. The Kier molecular flexibility index (Phi) is 11.8. The maximum absolute atomic E-state index is 12.0. The minimum atomic E-state index is -0.432. The summed E-state index contributed by atoms with van der Waals surface area (Å²) in [6.07, 6.45) is 2.62. The zero-order valence-corrected chi connectivity index (χ0v) is 18.3. The van der Waals surface area contributed by atoms with Crippen molar-refractivity contribution >= 4 is 36.0 Å². The van der Waals surface area contributed by atoms with Crippen LogP contribution in [-0.2, 0) is 4.74 Å². The van der Waals surface area contributed by atoms with Crippen LogP contribution in [0, 0.1) is 0 Å². The average Bonchev–Trinajstić information content (AvgIpc) is 2.53. The predicted octanol–water partition coefficient (Wildman–Crippen LogP) is 1.90. The Morgan fingerprint density at radius 2 is 1.88 bits per heavy atom. The van der Waals surface area contributed by atoms with Gasteiger partial charge in [0.2, 0.25) is 0 Å². The molecule has 1 aliphatic heterocycles. The summed E-state index contributed by atoms with van der Waals surface area (Å²) in [5.41, 5.74) is -0.432. The molecule has 1 heterocycles. The van der Waals surface area contributed by atoms with Crippen LogP contribution in [0.2, 0.25) is 0 Å². The van der Waals surface area contributed by atoms with Gasteiger partial charge in [-0.05, 0) is 33.7 Å². The lowest BCUT2D eigenvalue weighted by atomic mass is 10.2. The number of hydrogen-bond donors (Lipinski definition) is 2. The Balaban J connectivity index is 0.00000576. The molecule has 8 heteroatoms. The van der Waals surface area contributed by atoms with E-state index in [0.29, 0.717) is 6.54 Å². The van der Waals surface area contributed by atoms with Crippen LogP contribution in [-0.4, -0.2) is 80.3 Å². The van der Waals surface area contributed by atoms with Crippen LogP contribution in [0.25, 0.3) is 0 Å². The first kappa shape index (κ1) is 24.0. The second-order valence-corrected chi connectivity index (χ2v) is 6.83. The lowest BCUT2D eigenvalue weighted by Crippen LogP contribution is -2.50. The van der Waals surface area contributed by atoms with Gasteiger partial charge in [0.1, 0.15) is 5.60 Å². The van der Waals surface area contributed by atoms with Crippen molar-refractivity contribution in [3.05, 3.63) is 12.7 Å². The van der Waals surface area contributed by atoms with Gasteiger partial charge in [0.25, 0.3) is 0 Å². The Morgan fingerprint density at radius 3 is 2.40 bits per heavy atom. The van der Waals surface area contributed by atoms with Gasteiger partial charge in [-0.25, -0.2) is 4.79 Å². The third-order valence-electron chi connectivity index (χ3n) is 3.61. The third-order valence-corrected chi connectivity index (χ3v) is 3.61. The maximum Gasteiger partial charge on any atom is 0.410 e. The molecule has 0 spiro atoms. The SMILES string of the molecule is C=CCNC(=NC)NCCCN1CCN(C(=O)OC(C)(C)C)CC1.I. The molecule has 0 aromatic heterocycles. The van der Waals surface area contributed by atoms with Crippen LogP contribution in [0.1, 0.15) is 27.2 Å². The number of nitrogens with zero attached hydrogens (tertiary/aromatic N) is 3. The van der Waals surface area contributed by atoms with Crippen molar-refractivity contribution in [1.82, 2.24) is 20.4 Å². The van der Waals surface area contributed by atoms with Crippen molar-refractivity contribution in [1.29, 1.82) is 0 Å². The monoisotopic (exact) mass is 467 g/mol. The Bertz CT molecular complexity index is 429. The highest BCUT2D eigenvalue weighted by molar-refractivity contribution is 14.0. The van der Waals surface area contributed by atoms with E-state index in [1.165, 1.54) is 0 Å². The number of amides is 1. The fourth-order valence-electron chi connectivity index (χ4n) is 2.38. The molecule has 1 rings (SSSR count). The summed E-state index contributed by atoms with van der Waals surface area (Å²) in [6.45, 7) is 15.2. The lowest BCUT2D eigenvalue weighted by molar-refractivity contribution is 0.0145. The summed E-state index contributed by atoms with van der Waals surface area (Å²) in [6, 6.07) is 0. The number of aliphatic imine (C=N–C) groups is 1. The highest BCUT2D eigenvalue weighted by Crippen LogP contribution is 2.11. The quantitative estimate of drug-likeness (QED) is 0.205. The molecule has 0 radical (unpaired) electrons. The van der Waals surface area contributed by atoms with Gasteiger partial charge in [-0.15, -0.1) is 30.6 Å². The maximum atomic E-state index is 12.0. The predicted molar refractivity (Wildman–Crippen MR) is 114 cm³/mol. The molecule has 0 unspecified atom stereocenters. The summed E-state index contributed by atoms with van der Waals surface area (Å²) in [7, 11) is 1.76. The number of rotatable bonds is 6. The Morgan fingerprint density at radius 1 is 1.24 bits per heavy atom. The van der Waals surface area contributed by atoms with Crippen molar-refractivity contribution in [2.24, 2.45) is 4.99 Å². The summed E-state index contributed by atoms with van der Waals surface area (Å²) in [5, 5.41) is 6.42. The van der Waals surface area contributed by atoms with Crippen LogP contribution < -0.4 is 10.6 Å². The Hall–Kier alpha value is -1.03. The average molecular weight is 467 g/mol. The van der Waals surface area contributed by atoms with E-state index in [1.807, 2.05) is 20.8 Å². The van der Waals surface area contributed by atoms with E-state index in [-0.39, 0.29) is 30.1 Å². The van der Waals surface area contributed by atoms with Gasteiger partial charge >= 0.3 is 6.09 Å². The van der Waals surface area contributed by atoms with E-state index in [0.717, 1.165) is 51.6 Å². The molecule has 0 atom stereocenters. The van der Waals surface area contributed by atoms with Gasteiger partial charge in [-0.1, -0.05) is 6.08 Å². The smallest absolute Gasteiger partial charge is 0.410 e. The van der Waals surface area contributed by atoms with E-state index in [4.69, 9.17) is 4.74 Å². The number of hydrogen-bond acceptors (Lipinski definition) is 4. The molecule has 1 amide bonds. The standard InChI is InChI=1S/C17H33N5O2.HI/c1-6-8-19-15(18-5)20-9-7-10-21-11-13-22(14-12-21)16(23)24-17(2,3)4;/h6H,1,7-14H2,2-5H3,(H2,18,19,20);1H. The summed E-state index contributed by atoms with van der Waals surface area (Å²) in [5.74, 6) is 0.796.